The maximum absolute atomic E-state index is 11.4. The van der Waals surface area contributed by atoms with Crippen molar-refractivity contribution in [2.24, 2.45) is 0 Å². The topological polar surface area (TPSA) is 30.0 Å². The molecular weight excluding hydrogens is 230 g/mol. The normalized spacial score (nSPS) is 10.5. The summed E-state index contributed by atoms with van der Waals surface area (Å²) in [6.07, 6.45) is 1.05. The summed E-state index contributed by atoms with van der Waals surface area (Å²) in [4.78, 5) is 15.9. The summed E-state index contributed by atoms with van der Waals surface area (Å²) in [5.41, 5.74) is 3.34. The second-order valence-corrected chi connectivity index (χ2v) is 4.95. The van der Waals surface area contributed by atoms with E-state index in [0.717, 1.165) is 16.3 Å². The third-order valence-corrected chi connectivity index (χ3v) is 3.56. The minimum atomic E-state index is 0.246. The fraction of sp³-hybridized carbons (Fsp3) is 0.286. The molecule has 0 fully saturated rings. The van der Waals surface area contributed by atoms with Gasteiger partial charge in [-0.2, -0.15) is 0 Å². The van der Waals surface area contributed by atoms with Crippen molar-refractivity contribution in [3.05, 3.63) is 40.2 Å². The Labute approximate surface area is 105 Å². The van der Waals surface area contributed by atoms with Crippen molar-refractivity contribution < 1.29 is 4.79 Å². The van der Waals surface area contributed by atoms with Gasteiger partial charge in [0.2, 0.25) is 0 Å². The molecule has 1 aromatic carbocycles. The van der Waals surface area contributed by atoms with Gasteiger partial charge < -0.3 is 0 Å². The summed E-state index contributed by atoms with van der Waals surface area (Å²) >= 11 is 1.56. The Morgan fingerprint density at radius 1 is 1.35 bits per heavy atom. The fourth-order valence-electron chi connectivity index (χ4n) is 1.67. The van der Waals surface area contributed by atoms with Crippen LogP contribution in [-0.2, 0) is 11.2 Å². The van der Waals surface area contributed by atoms with Gasteiger partial charge in [0, 0.05) is 17.4 Å². The fourth-order valence-corrected chi connectivity index (χ4v) is 2.49. The molecule has 0 aliphatic carbocycles. The summed E-state index contributed by atoms with van der Waals surface area (Å²) in [5, 5.41) is 2.94. The minimum Gasteiger partial charge on any atom is -0.299 e. The molecule has 2 nitrogen and oxygen atoms in total. The van der Waals surface area contributed by atoms with Gasteiger partial charge in [-0.25, -0.2) is 4.98 Å². The summed E-state index contributed by atoms with van der Waals surface area (Å²) in [6.45, 7) is 3.96. The first-order valence-corrected chi connectivity index (χ1v) is 6.60. The molecular formula is C14H15NOS. The van der Waals surface area contributed by atoms with Gasteiger partial charge in [-0.1, -0.05) is 31.2 Å². The molecule has 2 aromatic rings. The molecule has 1 aromatic heterocycles. The van der Waals surface area contributed by atoms with Gasteiger partial charge in [-0.15, -0.1) is 11.3 Å². The molecule has 0 bridgehead atoms. The third-order valence-electron chi connectivity index (χ3n) is 2.72. The van der Waals surface area contributed by atoms with E-state index in [9.17, 15) is 4.79 Å². The van der Waals surface area contributed by atoms with Gasteiger partial charge in [0.1, 0.15) is 10.8 Å². The number of Topliss-reactive ketones (excluding diaryl/α,β-unsaturated/α-hetero) is 1. The van der Waals surface area contributed by atoms with Crippen LogP contribution >= 0.6 is 11.3 Å². The zero-order valence-corrected chi connectivity index (χ0v) is 10.9. The lowest BCUT2D eigenvalue weighted by Gasteiger charge is -2.00. The predicted octanol–water partition coefficient (Wildman–Crippen LogP) is 3.64. The van der Waals surface area contributed by atoms with Crippen LogP contribution in [0.25, 0.3) is 11.3 Å². The highest BCUT2D eigenvalue weighted by Gasteiger charge is 2.08. The molecule has 0 aliphatic heterocycles. The van der Waals surface area contributed by atoms with E-state index in [1.807, 2.05) is 24.4 Å². The molecule has 0 radical (unpaired) electrons. The minimum absolute atomic E-state index is 0.246. The Morgan fingerprint density at radius 2 is 2.12 bits per heavy atom. The quantitative estimate of drug-likeness (QED) is 0.823. The SMILES string of the molecule is CCC(=O)Cc1nc(-c2ccccc2C)cs1. The lowest BCUT2D eigenvalue weighted by Crippen LogP contribution is -1.99. The number of carbonyl (C=O) groups is 1. The largest absolute Gasteiger partial charge is 0.299 e. The van der Waals surface area contributed by atoms with Gasteiger partial charge in [-0.05, 0) is 12.5 Å². The lowest BCUT2D eigenvalue weighted by molar-refractivity contribution is -0.118. The number of rotatable bonds is 4. The van der Waals surface area contributed by atoms with E-state index in [1.54, 1.807) is 11.3 Å². The number of nitrogens with zero attached hydrogens (tertiary/aromatic N) is 1. The number of hydrogen-bond acceptors (Lipinski definition) is 3. The molecule has 0 amide bonds. The van der Waals surface area contributed by atoms with Crippen molar-refractivity contribution in [3.8, 4) is 11.3 Å². The summed E-state index contributed by atoms with van der Waals surface area (Å²) < 4.78 is 0. The molecule has 0 unspecified atom stereocenters. The smallest absolute Gasteiger partial charge is 0.139 e. The Morgan fingerprint density at radius 3 is 2.82 bits per heavy atom. The van der Waals surface area contributed by atoms with Crippen molar-refractivity contribution in [2.45, 2.75) is 26.7 Å². The summed E-state index contributed by atoms with van der Waals surface area (Å²) in [7, 11) is 0. The highest BCUT2D eigenvalue weighted by Crippen LogP contribution is 2.25. The molecule has 0 saturated heterocycles. The highest BCUT2D eigenvalue weighted by molar-refractivity contribution is 7.10. The van der Waals surface area contributed by atoms with Crippen LogP contribution in [-0.4, -0.2) is 10.8 Å². The average molecular weight is 245 g/mol. The Bertz CT molecular complexity index is 531. The molecule has 0 spiro atoms. The Kier molecular flexibility index (Phi) is 3.69. The number of aryl methyl sites for hydroxylation is 1. The number of ketones is 1. The maximum atomic E-state index is 11.4. The summed E-state index contributed by atoms with van der Waals surface area (Å²) in [6, 6.07) is 8.17. The number of hydrogen-bond donors (Lipinski definition) is 0. The van der Waals surface area contributed by atoms with Crippen molar-refractivity contribution in [1.82, 2.24) is 4.98 Å². The van der Waals surface area contributed by atoms with E-state index in [1.165, 1.54) is 5.56 Å². The number of benzene rings is 1. The molecule has 0 N–H and O–H groups in total. The van der Waals surface area contributed by atoms with Crippen molar-refractivity contribution >= 4 is 17.1 Å². The van der Waals surface area contributed by atoms with Crippen LogP contribution in [0.3, 0.4) is 0 Å². The maximum Gasteiger partial charge on any atom is 0.139 e. The monoisotopic (exact) mass is 245 g/mol. The van der Waals surface area contributed by atoms with E-state index in [-0.39, 0.29) is 5.78 Å². The number of carbonyl (C=O) groups excluding carboxylic acids is 1. The lowest BCUT2D eigenvalue weighted by atomic mass is 10.1. The first kappa shape index (κ1) is 12.0. The van der Waals surface area contributed by atoms with Crippen molar-refractivity contribution in [2.75, 3.05) is 0 Å². The molecule has 1 heterocycles. The predicted molar refractivity (Wildman–Crippen MR) is 71.3 cm³/mol. The van der Waals surface area contributed by atoms with Gasteiger partial charge >= 0.3 is 0 Å². The van der Waals surface area contributed by atoms with E-state index >= 15 is 0 Å². The van der Waals surface area contributed by atoms with Crippen molar-refractivity contribution in [1.29, 1.82) is 0 Å². The van der Waals surface area contributed by atoms with E-state index in [0.29, 0.717) is 12.8 Å². The van der Waals surface area contributed by atoms with Crippen LogP contribution in [0.15, 0.2) is 29.6 Å². The molecule has 17 heavy (non-hydrogen) atoms. The highest BCUT2D eigenvalue weighted by atomic mass is 32.1. The van der Waals surface area contributed by atoms with Crippen LogP contribution in [0.4, 0.5) is 0 Å². The first-order chi connectivity index (χ1) is 8.20. The molecule has 0 saturated carbocycles. The number of aromatic nitrogens is 1. The van der Waals surface area contributed by atoms with E-state index in [4.69, 9.17) is 0 Å². The van der Waals surface area contributed by atoms with Crippen LogP contribution in [0.1, 0.15) is 23.9 Å². The van der Waals surface area contributed by atoms with Gasteiger partial charge in [-0.3, -0.25) is 4.79 Å². The second kappa shape index (κ2) is 5.23. The molecule has 2 rings (SSSR count). The van der Waals surface area contributed by atoms with Gasteiger partial charge in [0.25, 0.3) is 0 Å². The molecule has 0 aliphatic rings. The standard InChI is InChI=1S/C14H15NOS/c1-3-11(16)8-14-15-13(9-17-14)12-7-5-4-6-10(12)2/h4-7,9H,3,8H2,1-2H3. The van der Waals surface area contributed by atoms with Crippen LogP contribution in [0.5, 0.6) is 0 Å². The Hall–Kier alpha value is -1.48. The Balaban J connectivity index is 2.24. The first-order valence-electron chi connectivity index (χ1n) is 5.72. The number of thiazole rings is 1. The van der Waals surface area contributed by atoms with E-state index in [2.05, 4.69) is 24.0 Å². The zero-order valence-electron chi connectivity index (χ0n) is 10.1. The summed E-state index contributed by atoms with van der Waals surface area (Å²) in [5.74, 6) is 0.246. The third kappa shape index (κ3) is 2.80. The van der Waals surface area contributed by atoms with Crippen LogP contribution < -0.4 is 0 Å². The average Bonchev–Trinajstić information content (AvgIpc) is 2.78. The molecule has 3 heteroatoms. The van der Waals surface area contributed by atoms with Crippen molar-refractivity contribution in [3.63, 3.8) is 0 Å². The molecule has 0 atom stereocenters. The van der Waals surface area contributed by atoms with E-state index < -0.39 is 0 Å². The second-order valence-electron chi connectivity index (χ2n) is 4.01. The van der Waals surface area contributed by atoms with Crippen LogP contribution in [0, 0.1) is 6.92 Å². The van der Waals surface area contributed by atoms with Gasteiger partial charge in [0.15, 0.2) is 0 Å². The van der Waals surface area contributed by atoms with Crippen LogP contribution in [0.2, 0.25) is 0 Å². The van der Waals surface area contributed by atoms with Gasteiger partial charge in [0.05, 0.1) is 12.1 Å². The molecule has 88 valence electrons. The zero-order chi connectivity index (χ0) is 12.3.